The Hall–Kier alpha value is -1.91. The molecule has 1 fully saturated rings. The molecule has 1 saturated heterocycles. The van der Waals surface area contributed by atoms with Crippen LogP contribution in [0.5, 0.6) is 0 Å². The van der Waals surface area contributed by atoms with Gasteiger partial charge in [0.05, 0.1) is 12.3 Å². The average Bonchev–Trinajstić information content (AvgIpc) is 2.57. The molecule has 1 aromatic heterocycles. The molecule has 0 saturated carbocycles. The van der Waals surface area contributed by atoms with Gasteiger partial charge in [0.25, 0.3) is 0 Å². The smallest absolute Gasteiger partial charge is 0.321 e. The summed E-state index contributed by atoms with van der Waals surface area (Å²) in [6, 6.07) is 3.55. The minimum atomic E-state index is -0.515. The predicted molar refractivity (Wildman–Crippen MR) is 57.0 cm³/mol. The fraction of sp³-hybridized carbons (Fsp3) is 0.364. The number of hydrogen-bond acceptors (Lipinski definition) is 5. The molecule has 0 amide bonds. The van der Waals surface area contributed by atoms with Crippen molar-refractivity contribution in [2.24, 2.45) is 0 Å². The molecule has 2 heterocycles. The molecular formula is C11H12N2O3. The molecule has 16 heavy (non-hydrogen) atoms. The number of cyclic esters (lactones) is 2. The zero-order valence-corrected chi connectivity index (χ0v) is 9.14. The molecule has 0 aliphatic carbocycles. The normalized spacial score (nSPS) is 19.8. The Labute approximate surface area is 93.0 Å². The van der Waals surface area contributed by atoms with E-state index in [0.29, 0.717) is 5.82 Å². The van der Waals surface area contributed by atoms with Crippen LogP contribution in [0.4, 0.5) is 5.82 Å². The van der Waals surface area contributed by atoms with E-state index in [4.69, 9.17) is 0 Å². The lowest BCUT2D eigenvalue weighted by Gasteiger charge is -2.17. The minimum Gasteiger partial charge on any atom is -0.393 e. The summed E-state index contributed by atoms with van der Waals surface area (Å²) in [5.41, 5.74) is 0.739. The van der Waals surface area contributed by atoms with Crippen LogP contribution >= 0.6 is 0 Å². The van der Waals surface area contributed by atoms with Crippen LogP contribution in [0.1, 0.15) is 17.9 Å². The van der Waals surface area contributed by atoms with Gasteiger partial charge >= 0.3 is 11.9 Å². The van der Waals surface area contributed by atoms with Crippen molar-refractivity contribution in [1.82, 2.24) is 4.98 Å². The van der Waals surface area contributed by atoms with E-state index in [1.54, 1.807) is 18.3 Å². The first-order valence-electron chi connectivity index (χ1n) is 4.96. The molecule has 0 spiro atoms. The molecule has 1 aliphatic rings. The first-order chi connectivity index (χ1) is 7.59. The molecule has 1 aromatic rings. The number of aromatic nitrogens is 1. The second-order valence-electron chi connectivity index (χ2n) is 3.86. The summed E-state index contributed by atoms with van der Waals surface area (Å²) in [6.07, 6.45) is 1.76. The van der Waals surface area contributed by atoms with Gasteiger partial charge in [-0.3, -0.25) is 9.59 Å². The molecule has 0 N–H and O–H groups in total. The molecule has 1 unspecified atom stereocenters. The third kappa shape index (κ3) is 1.76. The largest absolute Gasteiger partial charge is 0.393 e. The van der Waals surface area contributed by atoms with E-state index in [-0.39, 0.29) is 6.42 Å². The number of esters is 2. The van der Waals surface area contributed by atoms with Gasteiger partial charge in [-0.25, -0.2) is 4.98 Å². The molecule has 5 heteroatoms. The van der Waals surface area contributed by atoms with E-state index in [2.05, 4.69) is 9.72 Å². The van der Waals surface area contributed by atoms with Crippen LogP contribution in [-0.2, 0) is 14.3 Å². The quantitative estimate of drug-likeness (QED) is 0.542. The van der Waals surface area contributed by atoms with Crippen molar-refractivity contribution >= 4 is 17.8 Å². The first kappa shape index (κ1) is 10.6. The Morgan fingerprint density at radius 2 is 2.19 bits per heavy atom. The molecule has 84 valence electrons. The summed E-state index contributed by atoms with van der Waals surface area (Å²) in [4.78, 5) is 28.5. The van der Waals surface area contributed by atoms with Gasteiger partial charge in [-0.15, -0.1) is 0 Å². The third-order valence-electron chi connectivity index (χ3n) is 2.49. The van der Waals surface area contributed by atoms with Crippen LogP contribution in [0.15, 0.2) is 18.3 Å². The van der Waals surface area contributed by atoms with Crippen LogP contribution in [-0.4, -0.2) is 31.0 Å². The number of hydrogen-bond donors (Lipinski definition) is 0. The van der Waals surface area contributed by atoms with Crippen LogP contribution in [0.2, 0.25) is 0 Å². The highest BCUT2D eigenvalue weighted by Gasteiger charge is 2.36. The molecule has 0 radical (unpaired) electrons. The lowest BCUT2D eigenvalue weighted by molar-refractivity contribution is -0.152. The molecule has 0 aromatic carbocycles. The summed E-state index contributed by atoms with van der Waals surface area (Å²) in [6.45, 7) is 0. The molecule has 1 aliphatic heterocycles. The lowest BCUT2D eigenvalue weighted by Crippen LogP contribution is -2.16. The maximum Gasteiger partial charge on any atom is 0.321 e. The second-order valence-corrected chi connectivity index (χ2v) is 3.86. The maximum absolute atomic E-state index is 11.5. The van der Waals surface area contributed by atoms with Crippen LogP contribution < -0.4 is 4.90 Å². The van der Waals surface area contributed by atoms with Gasteiger partial charge in [0.1, 0.15) is 5.82 Å². The number of carbonyl (C=O) groups excluding carboxylic acids is 2. The van der Waals surface area contributed by atoms with E-state index in [0.717, 1.165) is 5.56 Å². The Morgan fingerprint density at radius 3 is 2.75 bits per heavy atom. The van der Waals surface area contributed by atoms with Crippen molar-refractivity contribution in [3.05, 3.63) is 23.9 Å². The highest BCUT2D eigenvalue weighted by atomic mass is 16.6. The molecule has 0 bridgehead atoms. The maximum atomic E-state index is 11.5. The van der Waals surface area contributed by atoms with Crippen molar-refractivity contribution in [3.63, 3.8) is 0 Å². The van der Waals surface area contributed by atoms with E-state index in [1.807, 2.05) is 19.0 Å². The van der Waals surface area contributed by atoms with E-state index < -0.39 is 17.9 Å². The minimum absolute atomic E-state index is 0.103. The van der Waals surface area contributed by atoms with Crippen LogP contribution in [0, 0.1) is 0 Å². The Morgan fingerprint density at radius 1 is 1.44 bits per heavy atom. The Kier molecular flexibility index (Phi) is 2.60. The SMILES string of the molecule is CN(C)c1ncccc1C1CC(=O)OC1=O. The van der Waals surface area contributed by atoms with Gasteiger partial charge in [0.15, 0.2) is 0 Å². The molecule has 1 atom stereocenters. The zero-order valence-electron chi connectivity index (χ0n) is 9.14. The third-order valence-corrected chi connectivity index (χ3v) is 2.49. The van der Waals surface area contributed by atoms with Gasteiger partial charge in [0, 0.05) is 25.9 Å². The predicted octanol–water partition coefficient (Wildman–Crippen LogP) is 0.705. The summed E-state index contributed by atoms with van der Waals surface area (Å²) in [7, 11) is 3.68. The fourth-order valence-corrected chi connectivity index (χ4v) is 1.77. The zero-order chi connectivity index (χ0) is 11.7. The summed E-state index contributed by atoms with van der Waals surface area (Å²) in [5, 5.41) is 0. The van der Waals surface area contributed by atoms with E-state index >= 15 is 0 Å². The van der Waals surface area contributed by atoms with Gasteiger partial charge in [-0.05, 0) is 6.07 Å². The fourth-order valence-electron chi connectivity index (χ4n) is 1.77. The van der Waals surface area contributed by atoms with E-state index in [1.165, 1.54) is 0 Å². The van der Waals surface area contributed by atoms with Gasteiger partial charge in [0.2, 0.25) is 0 Å². The lowest BCUT2D eigenvalue weighted by atomic mass is 9.98. The van der Waals surface area contributed by atoms with Gasteiger partial charge in [-0.2, -0.15) is 0 Å². The molecule has 2 rings (SSSR count). The average molecular weight is 220 g/mol. The monoisotopic (exact) mass is 220 g/mol. The van der Waals surface area contributed by atoms with Crippen molar-refractivity contribution < 1.29 is 14.3 Å². The molecule has 5 nitrogen and oxygen atoms in total. The number of carbonyl (C=O) groups is 2. The van der Waals surface area contributed by atoms with Crippen molar-refractivity contribution in [1.29, 1.82) is 0 Å². The number of rotatable bonds is 2. The van der Waals surface area contributed by atoms with E-state index in [9.17, 15) is 9.59 Å². The number of ether oxygens (including phenoxy) is 1. The van der Waals surface area contributed by atoms with Crippen molar-refractivity contribution in [2.45, 2.75) is 12.3 Å². The summed E-state index contributed by atoms with van der Waals surface area (Å²) in [5.74, 6) is -0.776. The summed E-state index contributed by atoms with van der Waals surface area (Å²) < 4.78 is 4.54. The highest BCUT2D eigenvalue weighted by Crippen LogP contribution is 2.32. The summed E-state index contributed by atoms with van der Waals surface area (Å²) >= 11 is 0. The number of pyridine rings is 1. The Balaban J connectivity index is 2.40. The van der Waals surface area contributed by atoms with Crippen molar-refractivity contribution in [3.8, 4) is 0 Å². The van der Waals surface area contributed by atoms with Gasteiger partial charge < -0.3 is 9.64 Å². The first-order valence-corrected chi connectivity index (χ1v) is 4.96. The number of nitrogens with zero attached hydrogens (tertiary/aromatic N) is 2. The second kappa shape index (κ2) is 3.92. The van der Waals surface area contributed by atoms with Crippen LogP contribution in [0.3, 0.4) is 0 Å². The highest BCUT2D eigenvalue weighted by molar-refractivity contribution is 5.98. The van der Waals surface area contributed by atoms with Gasteiger partial charge in [-0.1, -0.05) is 6.07 Å². The van der Waals surface area contributed by atoms with Crippen molar-refractivity contribution in [2.75, 3.05) is 19.0 Å². The topological polar surface area (TPSA) is 59.5 Å². The van der Waals surface area contributed by atoms with Crippen LogP contribution in [0.25, 0.3) is 0 Å². The standard InChI is InChI=1S/C11H12N2O3/c1-13(2)10-7(4-3-5-12-10)8-6-9(14)16-11(8)15/h3-5,8H,6H2,1-2H3. The Bertz CT molecular complexity index is 443. The molecular weight excluding hydrogens is 208 g/mol. The number of anilines is 1.